The molecule has 0 unspecified atom stereocenters. The molecule has 19 heavy (non-hydrogen) atoms. The zero-order chi connectivity index (χ0) is 14.0. The number of aromatic nitrogens is 1. The van der Waals surface area contributed by atoms with Crippen LogP contribution in [0, 0.1) is 12.3 Å². The van der Waals surface area contributed by atoms with E-state index < -0.39 is 0 Å². The predicted molar refractivity (Wildman–Crippen MR) is 80.4 cm³/mol. The van der Waals surface area contributed by atoms with Crippen LogP contribution in [-0.2, 0) is 4.79 Å². The number of aromatic amines is 1. The van der Waals surface area contributed by atoms with Crippen molar-refractivity contribution in [1.82, 2.24) is 4.98 Å². The summed E-state index contributed by atoms with van der Waals surface area (Å²) in [6.45, 7) is 8.34. The molecule has 0 spiro atoms. The number of aryl methyl sites for hydroxylation is 1. The van der Waals surface area contributed by atoms with Crippen molar-refractivity contribution in [3.8, 4) is 0 Å². The molecular weight excluding hydrogens is 236 g/mol. The summed E-state index contributed by atoms with van der Waals surface area (Å²) in [5.41, 5.74) is 3.02. The van der Waals surface area contributed by atoms with E-state index in [2.05, 4.69) is 31.1 Å². The third-order valence-electron chi connectivity index (χ3n) is 3.75. The molecule has 3 nitrogen and oxygen atoms in total. The van der Waals surface area contributed by atoms with Crippen molar-refractivity contribution in [2.75, 3.05) is 5.32 Å². The van der Waals surface area contributed by atoms with Crippen LogP contribution in [0.4, 0.5) is 5.69 Å². The van der Waals surface area contributed by atoms with E-state index in [0.717, 1.165) is 28.7 Å². The third kappa shape index (κ3) is 2.98. The van der Waals surface area contributed by atoms with Gasteiger partial charge in [-0.25, -0.2) is 0 Å². The van der Waals surface area contributed by atoms with Crippen LogP contribution in [0.2, 0.25) is 0 Å². The molecule has 3 heteroatoms. The highest BCUT2D eigenvalue weighted by Gasteiger charge is 2.21. The highest BCUT2D eigenvalue weighted by atomic mass is 16.1. The fraction of sp³-hybridized carbons (Fsp3) is 0.438. The van der Waals surface area contributed by atoms with Crippen molar-refractivity contribution in [2.45, 2.75) is 40.5 Å². The Kier molecular flexibility index (Phi) is 3.65. The summed E-state index contributed by atoms with van der Waals surface area (Å²) in [7, 11) is 0. The summed E-state index contributed by atoms with van der Waals surface area (Å²) >= 11 is 0. The maximum atomic E-state index is 12.2. The van der Waals surface area contributed by atoms with Gasteiger partial charge in [-0.2, -0.15) is 0 Å². The highest BCUT2D eigenvalue weighted by molar-refractivity contribution is 6.03. The molecule has 0 bridgehead atoms. The Bertz CT molecular complexity index is 596. The third-order valence-corrected chi connectivity index (χ3v) is 3.75. The van der Waals surface area contributed by atoms with Gasteiger partial charge in [-0.05, 0) is 18.4 Å². The number of anilines is 1. The summed E-state index contributed by atoms with van der Waals surface area (Å²) < 4.78 is 0. The number of hydrogen-bond donors (Lipinski definition) is 2. The molecule has 1 heterocycles. The van der Waals surface area contributed by atoms with Gasteiger partial charge in [0.1, 0.15) is 0 Å². The average Bonchev–Trinajstić information content (AvgIpc) is 2.66. The topological polar surface area (TPSA) is 44.9 Å². The van der Waals surface area contributed by atoms with E-state index in [1.807, 2.05) is 31.2 Å². The predicted octanol–water partition coefficient (Wildman–Crippen LogP) is 4.24. The number of carbonyl (C=O) groups excluding carboxylic acids is 1. The van der Waals surface area contributed by atoms with Crippen molar-refractivity contribution in [2.24, 2.45) is 5.41 Å². The Morgan fingerprint density at radius 2 is 2.00 bits per heavy atom. The lowest BCUT2D eigenvalue weighted by Gasteiger charge is -2.21. The molecule has 0 aliphatic carbocycles. The number of fused-ring (bicyclic) bond motifs is 1. The van der Waals surface area contributed by atoms with Crippen molar-refractivity contribution in [3.63, 3.8) is 0 Å². The second-order valence-corrected chi connectivity index (χ2v) is 5.91. The Labute approximate surface area is 114 Å². The minimum atomic E-state index is 0.0457. The maximum Gasteiger partial charge on any atom is 0.224 e. The molecule has 2 N–H and O–H groups in total. The van der Waals surface area contributed by atoms with Crippen LogP contribution in [-0.4, -0.2) is 10.9 Å². The fourth-order valence-corrected chi connectivity index (χ4v) is 2.18. The number of amides is 1. The van der Waals surface area contributed by atoms with E-state index in [1.54, 1.807) is 0 Å². The minimum Gasteiger partial charge on any atom is -0.357 e. The first-order valence-electron chi connectivity index (χ1n) is 6.80. The minimum absolute atomic E-state index is 0.0457. The lowest BCUT2D eigenvalue weighted by molar-refractivity contribution is -0.118. The van der Waals surface area contributed by atoms with E-state index in [0.29, 0.717) is 6.42 Å². The van der Waals surface area contributed by atoms with E-state index in [4.69, 9.17) is 0 Å². The van der Waals surface area contributed by atoms with E-state index >= 15 is 0 Å². The molecule has 102 valence electrons. The normalized spacial score (nSPS) is 11.8. The van der Waals surface area contributed by atoms with Crippen LogP contribution in [0.1, 0.15) is 39.3 Å². The maximum absolute atomic E-state index is 12.2. The molecule has 0 saturated heterocycles. The Hall–Kier alpha value is -1.77. The Morgan fingerprint density at radius 1 is 1.32 bits per heavy atom. The second-order valence-electron chi connectivity index (χ2n) is 5.91. The first-order valence-corrected chi connectivity index (χ1v) is 6.80. The number of H-pyrrole nitrogens is 1. The molecule has 1 amide bonds. The monoisotopic (exact) mass is 258 g/mol. The smallest absolute Gasteiger partial charge is 0.224 e. The van der Waals surface area contributed by atoms with E-state index in [9.17, 15) is 4.79 Å². The zero-order valence-electron chi connectivity index (χ0n) is 12.1. The summed E-state index contributed by atoms with van der Waals surface area (Å²) in [6.07, 6.45) is 1.54. The summed E-state index contributed by atoms with van der Waals surface area (Å²) in [6, 6.07) is 8.03. The van der Waals surface area contributed by atoms with Gasteiger partial charge in [0.15, 0.2) is 0 Å². The molecule has 0 saturated carbocycles. The van der Waals surface area contributed by atoms with Crippen LogP contribution in [0.15, 0.2) is 24.3 Å². The van der Waals surface area contributed by atoms with Gasteiger partial charge >= 0.3 is 0 Å². The molecule has 0 fully saturated rings. The molecule has 0 aliphatic heterocycles. The quantitative estimate of drug-likeness (QED) is 0.846. The fourth-order valence-electron chi connectivity index (χ4n) is 2.18. The van der Waals surface area contributed by atoms with Gasteiger partial charge in [-0.3, -0.25) is 4.79 Å². The lowest BCUT2D eigenvalue weighted by atomic mass is 9.86. The van der Waals surface area contributed by atoms with Crippen molar-refractivity contribution < 1.29 is 4.79 Å². The molecule has 1 aromatic carbocycles. The van der Waals surface area contributed by atoms with Gasteiger partial charge in [-0.1, -0.05) is 45.4 Å². The number of rotatable bonds is 4. The van der Waals surface area contributed by atoms with Gasteiger partial charge in [0.25, 0.3) is 0 Å². The Morgan fingerprint density at radius 3 is 2.68 bits per heavy atom. The van der Waals surface area contributed by atoms with Crippen molar-refractivity contribution in [3.05, 3.63) is 30.0 Å². The first kappa shape index (κ1) is 13.7. The second kappa shape index (κ2) is 5.08. The van der Waals surface area contributed by atoms with Gasteiger partial charge in [0, 0.05) is 23.0 Å². The van der Waals surface area contributed by atoms with Gasteiger partial charge < -0.3 is 10.3 Å². The molecule has 0 atom stereocenters. The van der Waals surface area contributed by atoms with Crippen LogP contribution in [0.3, 0.4) is 0 Å². The number of para-hydroxylation sites is 1. The van der Waals surface area contributed by atoms with Crippen molar-refractivity contribution in [1.29, 1.82) is 0 Å². The van der Waals surface area contributed by atoms with Crippen LogP contribution >= 0.6 is 0 Å². The first-order chi connectivity index (χ1) is 8.93. The van der Waals surface area contributed by atoms with Gasteiger partial charge in [0.05, 0.1) is 5.69 Å². The zero-order valence-corrected chi connectivity index (χ0v) is 12.1. The number of nitrogens with one attached hydrogen (secondary N) is 2. The van der Waals surface area contributed by atoms with Gasteiger partial charge in [-0.15, -0.1) is 0 Å². The van der Waals surface area contributed by atoms with Crippen LogP contribution in [0.5, 0.6) is 0 Å². The molecule has 2 rings (SSSR count). The van der Waals surface area contributed by atoms with Crippen molar-refractivity contribution >= 4 is 22.5 Å². The van der Waals surface area contributed by atoms with Gasteiger partial charge in [0.2, 0.25) is 5.91 Å². The molecule has 2 aromatic rings. The number of benzene rings is 1. The Balaban J connectivity index is 2.22. The standard InChI is InChI=1S/C16H22N2O/c1-5-16(3,4)10-14(19)18-15-11(2)17-13-9-7-6-8-12(13)15/h6-9,17H,5,10H2,1-4H3,(H,18,19). The largest absolute Gasteiger partial charge is 0.357 e. The molecule has 0 radical (unpaired) electrons. The molecule has 1 aromatic heterocycles. The summed E-state index contributed by atoms with van der Waals surface area (Å²) in [5.74, 6) is 0.0831. The summed E-state index contributed by atoms with van der Waals surface area (Å²) in [5, 5.41) is 4.13. The number of hydrogen-bond acceptors (Lipinski definition) is 1. The highest BCUT2D eigenvalue weighted by Crippen LogP contribution is 2.29. The number of carbonyl (C=O) groups is 1. The van der Waals surface area contributed by atoms with E-state index in [1.165, 1.54) is 0 Å². The molecule has 0 aliphatic rings. The molecular formula is C16H22N2O. The SMILES string of the molecule is CCC(C)(C)CC(=O)Nc1c(C)[nH]c2ccccc12. The average molecular weight is 258 g/mol. The van der Waals surface area contributed by atoms with E-state index in [-0.39, 0.29) is 11.3 Å². The van der Waals surface area contributed by atoms with Crippen LogP contribution in [0.25, 0.3) is 10.9 Å². The lowest BCUT2D eigenvalue weighted by Crippen LogP contribution is -2.21. The summed E-state index contributed by atoms with van der Waals surface area (Å²) in [4.78, 5) is 15.5. The van der Waals surface area contributed by atoms with Crippen LogP contribution < -0.4 is 5.32 Å².